The summed E-state index contributed by atoms with van der Waals surface area (Å²) in [6.07, 6.45) is 1.85. The molecule has 118 valence electrons. The van der Waals surface area contributed by atoms with E-state index in [1.807, 2.05) is 40.8 Å². The number of rotatable bonds is 5. The monoisotopic (exact) mass is 311 g/mol. The summed E-state index contributed by atoms with van der Waals surface area (Å²) in [6, 6.07) is 0. The quantitative estimate of drug-likeness (QED) is 0.568. The molecule has 0 aliphatic heterocycles. The van der Waals surface area contributed by atoms with Crippen molar-refractivity contribution in [2.24, 2.45) is 4.99 Å². The first kappa shape index (κ1) is 17.4. The van der Waals surface area contributed by atoms with Crippen LogP contribution in [0.4, 0.5) is 0 Å². The SMILES string of the molecule is CCNC(=NCC(=O)NC(C)(C)C)NCc1ncc(C)s1. The van der Waals surface area contributed by atoms with Crippen molar-refractivity contribution < 1.29 is 4.79 Å². The molecule has 6 nitrogen and oxygen atoms in total. The van der Waals surface area contributed by atoms with E-state index in [1.54, 1.807) is 11.3 Å². The lowest BCUT2D eigenvalue weighted by molar-refractivity contribution is -0.121. The molecule has 1 aromatic rings. The second-order valence-corrected chi connectivity index (χ2v) is 7.03. The van der Waals surface area contributed by atoms with Crippen molar-refractivity contribution in [1.82, 2.24) is 20.9 Å². The molecule has 21 heavy (non-hydrogen) atoms. The zero-order valence-corrected chi connectivity index (χ0v) is 14.2. The third-order valence-corrected chi connectivity index (χ3v) is 3.23. The maximum Gasteiger partial charge on any atom is 0.242 e. The molecule has 1 amide bonds. The number of amides is 1. The zero-order valence-electron chi connectivity index (χ0n) is 13.4. The minimum atomic E-state index is -0.239. The lowest BCUT2D eigenvalue weighted by Gasteiger charge is -2.20. The standard InChI is InChI=1S/C14H25N5OS/c1-6-15-13(17-8-11(20)19-14(3,4)5)18-9-12-16-7-10(2)21-12/h7H,6,8-9H2,1-5H3,(H,19,20)(H2,15,17,18). The predicted octanol–water partition coefficient (Wildman–Crippen LogP) is 1.42. The van der Waals surface area contributed by atoms with E-state index in [9.17, 15) is 4.79 Å². The lowest BCUT2D eigenvalue weighted by Crippen LogP contribution is -2.43. The minimum Gasteiger partial charge on any atom is -0.357 e. The van der Waals surface area contributed by atoms with Gasteiger partial charge in [0.2, 0.25) is 5.91 Å². The molecule has 0 radical (unpaired) electrons. The third kappa shape index (κ3) is 7.65. The van der Waals surface area contributed by atoms with E-state index >= 15 is 0 Å². The Balaban J connectivity index is 2.51. The molecular formula is C14H25N5OS. The number of hydrogen-bond acceptors (Lipinski definition) is 4. The molecule has 0 fully saturated rings. The highest BCUT2D eigenvalue weighted by molar-refractivity contribution is 7.11. The Morgan fingerprint density at radius 2 is 2.10 bits per heavy atom. The molecule has 0 spiro atoms. The van der Waals surface area contributed by atoms with Gasteiger partial charge in [0.25, 0.3) is 0 Å². The fraction of sp³-hybridized carbons (Fsp3) is 0.643. The number of aliphatic imine (C=N–C) groups is 1. The van der Waals surface area contributed by atoms with Gasteiger partial charge < -0.3 is 16.0 Å². The first-order valence-corrected chi connectivity index (χ1v) is 7.86. The van der Waals surface area contributed by atoms with Crippen LogP contribution >= 0.6 is 11.3 Å². The summed E-state index contributed by atoms with van der Waals surface area (Å²) in [5.74, 6) is 0.527. The third-order valence-electron chi connectivity index (χ3n) is 2.32. The summed E-state index contributed by atoms with van der Waals surface area (Å²) in [4.78, 5) is 21.5. The molecule has 1 aromatic heterocycles. The van der Waals surface area contributed by atoms with Gasteiger partial charge in [-0.3, -0.25) is 4.79 Å². The number of carbonyl (C=O) groups excluding carboxylic acids is 1. The van der Waals surface area contributed by atoms with Gasteiger partial charge in [-0.2, -0.15) is 0 Å². The molecule has 1 rings (SSSR count). The van der Waals surface area contributed by atoms with Gasteiger partial charge in [0.1, 0.15) is 11.6 Å². The van der Waals surface area contributed by atoms with Crippen LogP contribution in [-0.2, 0) is 11.3 Å². The van der Waals surface area contributed by atoms with Crippen molar-refractivity contribution in [2.75, 3.05) is 13.1 Å². The lowest BCUT2D eigenvalue weighted by atomic mass is 10.1. The van der Waals surface area contributed by atoms with E-state index in [4.69, 9.17) is 0 Å². The summed E-state index contributed by atoms with van der Waals surface area (Å²) in [5, 5.41) is 10.2. The first-order chi connectivity index (χ1) is 9.80. The van der Waals surface area contributed by atoms with Gasteiger partial charge in [0.05, 0.1) is 6.54 Å². The maximum absolute atomic E-state index is 11.8. The second-order valence-electron chi connectivity index (χ2n) is 5.71. The largest absolute Gasteiger partial charge is 0.357 e. The number of aryl methyl sites for hydroxylation is 1. The number of carbonyl (C=O) groups is 1. The van der Waals surface area contributed by atoms with Gasteiger partial charge in [-0.1, -0.05) is 0 Å². The van der Waals surface area contributed by atoms with Crippen LogP contribution in [0.25, 0.3) is 0 Å². The van der Waals surface area contributed by atoms with Gasteiger partial charge >= 0.3 is 0 Å². The molecular weight excluding hydrogens is 286 g/mol. The van der Waals surface area contributed by atoms with Crippen LogP contribution in [0.15, 0.2) is 11.2 Å². The molecule has 0 aromatic carbocycles. The highest BCUT2D eigenvalue weighted by atomic mass is 32.1. The summed E-state index contributed by atoms with van der Waals surface area (Å²) in [5.41, 5.74) is -0.239. The average Bonchev–Trinajstić information content (AvgIpc) is 2.76. The maximum atomic E-state index is 11.8. The van der Waals surface area contributed by atoms with Crippen LogP contribution in [0.2, 0.25) is 0 Å². The Morgan fingerprint density at radius 3 is 2.62 bits per heavy atom. The van der Waals surface area contributed by atoms with Crippen LogP contribution < -0.4 is 16.0 Å². The van der Waals surface area contributed by atoms with Crippen molar-refractivity contribution in [2.45, 2.75) is 46.7 Å². The van der Waals surface area contributed by atoms with Crippen LogP contribution in [0.5, 0.6) is 0 Å². The Kier molecular flexibility index (Phi) is 6.61. The fourth-order valence-corrected chi connectivity index (χ4v) is 2.32. The predicted molar refractivity (Wildman–Crippen MR) is 87.6 cm³/mol. The van der Waals surface area contributed by atoms with Crippen molar-refractivity contribution in [3.8, 4) is 0 Å². The van der Waals surface area contributed by atoms with Gasteiger partial charge in [-0.25, -0.2) is 9.98 Å². The molecule has 0 unspecified atom stereocenters. The molecule has 0 saturated carbocycles. The summed E-state index contributed by atoms with van der Waals surface area (Å²) >= 11 is 1.64. The minimum absolute atomic E-state index is 0.0928. The number of nitrogens with one attached hydrogen (secondary N) is 3. The Morgan fingerprint density at radius 1 is 1.38 bits per heavy atom. The molecule has 7 heteroatoms. The Bertz CT molecular complexity index is 490. The zero-order chi connectivity index (χ0) is 15.9. The Hall–Kier alpha value is -1.63. The van der Waals surface area contributed by atoms with E-state index in [2.05, 4.69) is 25.9 Å². The van der Waals surface area contributed by atoms with E-state index in [-0.39, 0.29) is 18.0 Å². The fourth-order valence-electron chi connectivity index (χ4n) is 1.59. The van der Waals surface area contributed by atoms with Crippen molar-refractivity contribution >= 4 is 23.2 Å². The van der Waals surface area contributed by atoms with Gasteiger partial charge in [-0.15, -0.1) is 11.3 Å². The molecule has 0 aliphatic rings. The van der Waals surface area contributed by atoms with E-state index in [0.29, 0.717) is 12.5 Å². The number of hydrogen-bond donors (Lipinski definition) is 3. The summed E-state index contributed by atoms with van der Waals surface area (Å²) in [6.45, 7) is 11.3. The second kappa shape index (κ2) is 7.97. The average molecular weight is 311 g/mol. The highest BCUT2D eigenvalue weighted by Crippen LogP contribution is 2.10. The highest BCUT2D eigenvalue weighted by Gasteiger charge is 2.13. The number of aromatic nitrogens is 1. The van der Waals surface area contributed by atoms with Crippen LogP contribution in [0, 0.1) is 6.92 Å². The Labute approximate surface area is 130 Å². The van der Waals surface area contributed by atoms with Crippen LogP contribution in [0.3, 0.4) is 0 Å². The molecule has 0 bridgehead atoms. The van der Waals surface area contributed by atoms with Gasteiger partial charge in [0, 0.05) is 23.2 Å². The topological polar surface area (TPSA) is 78.4 Å². The van der Waals surface area contributed by atoms with Crippen molar-refractivity contribution in [3.63, 3.8) is 0 Å². The number of thiazole rings is 1. The van der Waals surface area contributed by atoms with E-state index in [1.165, 1.54) is 4.88 Å². The van der Waals surface area contributed by atoms with Crippen LogP contribution in [0.1, 0.15) is 37.6 Å². The first-order valence-electron chi connectivity index (χ1n) is 7.04. The molecule has 0 saturated heterocycles. The molecule has 0 aliphatic carbocycles. The van der Waals surface area contributed by atoms with Crippen molar-refractivity contribution in [1.29, 1.82) is 0 Å². The number of guanidine groups is 1. The summed E-state index contributed by atoms with van der Waals surface area (Å²) in [7, 11) is 0. The van der Waals surface area contributed by atoms with Gasteiger partial charge in [0.15, 0.2) is 5.96 Å². The van der Waals surface area contributed by atoms with Gasteiger partial charge in [-0.05, 0) is 34.6 Å². The number of nitrogens with zero attached hydrogens (tertiary/aromatic N) is 2. The normalized spacial score (nSPS) is 12.1. The molecule has 3 N–H and O–H groups in total. The molecule has 0 atom stereocenters. The smallest absolute Gasteiger partial charge is 0.242 e. The van der Waals surface area contributed by atoms with Crippen LogP contribution in [-0.4, -0.2) is 35.5 Å². The van der Waals surface area contributed by atoms with Crippen molar-refractivity contribution in [3.05, 3.63) is 16.1 Å². The summed E-state index contributed by atoms with van der Waals surface area (Å²) < 4.78 is 0. The van der Waals surface area contributed by atoms with E-state index < -0.39 is 0 Å². The van der Waals surface area contributed by atoms with E-state index in [0.717, 1.165) is 11.6 Å². The molecule has 1 heterocycles.